The Bertz CT molecular complexity index is 963. The van der Waals surface area contributed by atoms with Gasteiger partial charge in [-0.05, 0) is 26.0 Å². The number of nitrogens with one attached hydrogen (secondary N) is 3. The molecular formula is C21H28N5O4+. The summed E-state index contributed by atoms with van der Waals surface area (Å²) in [7, 11) is 1.86. The number of carbonyl (C=O) groups excluding carboxylic acids is 2. The number of aryl methyl sites for hydroxylation is 2. The Hall–Kier alpha value is -3.07. The summed E-state index contributed by atoms with van der Waals surface area (Å²) in [4.78, 5) is 26.3. The molecule has 9 heteroatoms. The van der Waals surface area contributed by atoms with Crippen molar-refractivity contribution >= 4 is 23.2 Å². The Balaban J connectivity index is 1.25. The molecule has 30 heavy (non-hydrogen) atoms. The summed E-state index contributed by atoms with van der Waals surface area (Å²) < 4.78 is 12.4. The lowest BCUT2D eigenvalue weighted by Crippen LogP contribution is -3.14. The van der Waals surface area contributed by atoms with Gasteiger partial charge in [-0.1, -0.05) is 0 Å². The van der Waals surface area contributed by atoms with E-state index in [9.17, 15) is 9.59 Å². The molecule has 4 rings (SSSR count). The van der Waals surface area contributed by atoms with Crippen molar-refractivity contribution in [3.05, 3.63) is 29.6 Å². The van der Waals surface area contributed by atoms with E-state index in [2.05, 4.69) is 15.7 Å². The molecule has 1 aromatic heterocycles. The monoisotopic (exact) mass is 414 g/mol. The second kappa shape index (κ2) is 8.35. The van der Waals surface area contributed by atoms with Gasteiger partial charge in [-0.2, -0.15) is 5.10 Å². The topological polar surface area (TPSA) is 98.9 Å². The highest BCUT2D eigenvalue weighted by Gasteiger charge is 2.29. The van der Waals surface area contributed by atoms with Crippen molar-refractivity contribution in [3.63, 3.8) is 0 Å². The van der Waals surface area contributed by atoms with Crippen LogP contribution < -0.4 is 25.0 Å². The van der Waals surface area contributed by atoms with E-state index in [1.54, 1.807) is 16.8 Å². The van der Waals surface area contributed by atoms with E-state index in [0.717, 1.165) is 43.0 Å². The molecule has 2 aliphatic rings. The van der Waals surface area contributed by atoms with Gasteiger partial charge in [0.25, 0.3) is 5.91 Å². The zero-order valence-electron chi connectivity index (χ0n) is 17.6. The molecule has 0 bridgehead atoms. The van der Waals surface area contributed by atoms with Crippen LogP contribution in [0.15, 0.2) is 18.2 Å². The van der Waals surface area contributed by atoms with E-state index < -0.39 is 0 Å². The molecule has 9 nitrogen and oxygen atoms in total. The van der Waals surface area contributed by atoms with Gasteiger partial charge in [-0.15, -0.1) is 0 Å². The number of carbonyl (C=O) groups is 2. The molecule has 1 fully saturated rings. The summed E-state index contributed by atoms with van der Waals surface area (Å²) >= 11 is 0. The Morgan fingerprint density at radius 2 is 1.90 bits per heavy atom. The van der Waals surface area contributed by atoms with Crippen LogP contribution in [0.4, 0.5) is 11.4 Å². The predicted molar refractivity (Wildman–Crippen MR) is 111 cm³/mol. The molecule has 0 aliphatic carbocycles. The molecule has 0 saturated carbocycles. The van der Waals surface area contributed by atoms with Crippen molar-refractivity contribution in [1.82, 2.24) is 9.78 Å². The van der Waals surface area contributed by atoms with Crippen LogP contribution in [0.25, 0.3) is 0 Å². The van der Waals surface area contributed by atoms with Crippen LogP contribution in [0.2, 0.25) is 0 Å². The summed E-state index contributed by atoms with van der Waals surface area (Å²) in [5, 5.41) is 10.3. The van der Waals surface area contributed by atoms with Gasteiger partial charge in [0.2, 0.25) is 12.7 Å². The van der Waals surface area contributed by atoms with Gasteiger partial charge in [0.1, 0.15) is 0 Å². The molecule has 2 aromatic rings. The molecule has 0 spiro atoms. The van der Waals surface area contributed by atoms with Crippen LogP contribution in [0, 0.1) is 19.8 Å². The van der Waals surface area contributed by atoms with Crippen molar-refractivity contribution in [1.29, 1.82) is 0 Å². The number of nitrogens with zero attached hydrogens (tertiary/aromatic N) is 2. The van der Waals surface area contributed by atoms with Crippen molar-refractivity contribution in [2.45, 2.75) is 26.7 Å². The van der Waals surface area contributed by atoms with Crippen molar-refractivity contribution in [3.8, 4) is 11.5 Å². The largest absolute Gasteiger partial charge is 0.454 e. The Morgan fingerprint density at radius 1 is 1.17 bits per heavy atom. The number of rotatable bonds is 5. The summed E-state index contributed by atoms with van der Waals surface area (Å²) in [6, 6.07) is 5.40. The van der Waals surface area contributed by atoms with E-state index in [0.29, 0.717) is 23.7 Å². The van der Waals surface area contributed by atoms with E-state index in [1.807, 2.05) is 27.0 Å². The number of piperidine rings is 1. The number of fused-ring (bicyclic) bond motifs is 1. The molecular weight excluding hydrogens is 386 g/mol. The van der Waals surface area contributed by atoms with Crippen molar-refractivity contribution in [2.75, 3.05) is 37.1 Å². The maximum Gasteiger partial charge on any atom is 0.279 e. The number of amides is 2. The third-order valence-electron chi connectivity index (χ3n) is 5.89. The summed E-state index contributed by atoms with van der Waals surface area (Å²) in [5.41, 5.74) is 3.26. The first-order valence-electron chi connectivity index (χ1n) is 10.2. The fraction of sp³-hybridized carbons (Fsp3) is 0.476. The second-order valence-electron chi connectivity index (χ2n) is 7.98. The fourth-order valence-electron chi connectivity index (χ4n) is 4.05. The highest BCUT2D eigenvalue weighted by Crippen LogP contribution is 2.34. The zero-order chi connectivity index (χ0) is 21.3. The standard InChI is InChI=1S/C21H27N5O4/c1-13-20(14(2)25(3)24-13)23-19(27)11-26-8-6-15(7-9-26)21(28)22-16-4-5-17-18(10-16)30-12-29-17/h4-5,10,15H,6-9,11-12H2,1-3H3,(H,22,28)(H,23,27)/p+1. The lowest BCUT2D eigenvalue weighted by Gasteiger charge is -2.28. The van der Waals surface area contributed by atoms with Crippen LogP contribution in [-0.4, -0.2) is 48.0 Å². The number of hydrogen-bond acceptors (Lipinski definition) is 5. The van der Waals surface area contributed by atoms with E-state index in [-0.39, 0.29) is 24.5 Å². The number of anilines is 2. The number of benzene rings is 1. The van der Waals surface area contributed by atoms with Gasteiger partial charge in [-0.3, -0.25) is 14.3 Å². The molecule has 3 N–H and O–H groups in total. The maximum absolute atomic E-state index is 12.6. The smallest absolute Gasteiger partial charge is 0.279 e. The first kappa shape index (κ1) is 20.2. The first-order chi connectivity index (χ1) is 14.4. The minimum absolute atomic E-state index is 0.0129. The Kier molecular flexibility index (Phi) is 5.63. The van der Waals surface area contributed by atoms with Crippen LogP contribution >= 0.6 is 0 Å². The van der Waals surface area contributed by atoms with E-state index >= 15 is 0 Å². The molecule has 1 saturated heterocycles. The fourth-order valence-corrected chi connectivity index (χ4v) is 4.05. The first-order valence-corrected chi connectivity index (χ1v) is 10.2. The lowest BCUT2D eigenvalue weighted by molar-refractivity contribution is -0.897. The Morgan fingerprint density at radius 3 is 2.60 bits per heavy atom. The molecule has 0 radical (unpaired) electrons. The summed E-state index contributed by atoms with van der Waals surface area (Å²) in [5.74, 6) is 1.29. The third kappa shape index (κ3) is 4.25. The quantitative estimate of drug-likeness (QED) is 0.667. The molecule has 2 amide bonds. The average Bonchev–Trinajstić information content (AvgIpc) is 3.28. The number of ether oxygens (including phenoxy) is 2. The molecule has 2 aliphatic heterocycles. The number of aromatic nitrogens is 2. The minimum atomic E-state index is -0.0509. The highest BCUT2D eigenvalue weighted by atomic mass is 16.7. The number of likely N-dealkylation sites (tertiary alicyclic amines) is 1. The highest BCUT2D eigenvalue weighted by molar-refractivity contribution is 5.93. The summed E-state index contributed by atoms with van der Waals surface area (Å²) in [6.45, 7) is 6.01. The maximum atomic E-state index is 12.6. The van der Waals surface area contributed by atoms with Crippen LogP contribution in [0.1, 0.15) is 24.2 Å². The molecule has 160 valence electrons. The number of quaternary nitrogens is 1. The van der Waals surface area contributed by atoms with Crippen molar-refractivity contribution < 1.29 is 24.0 Å². The third-order valence-corrected chi connectivity index (χ3v) is 5.89. The molecule has 3 heterocycles. The SMILES string of the molecule is Cc1nn(C)c(C)c1NC(=O)C[NH+]1CCC(C(=O)Nc2ccc3c(c2)OCO3)CC1. The summed E-state index contributed by atoms with van der Waals surface area (Å²) in [6.07, 6.45) is 1.51. The Labute approximate surface area is 175 Å². The molecule has 1 aromatic carbocycles. The molecule has 0 unspecified atom stereocenters. The van der Waals surface area contributed by atoms with Crippen LogP contribution in [-0.2, 0) is 16.6 Å². The zero-order valence-corrected chi connectivity index (χ0v) is 17.6. The van der Waals surface area contributed by atoms with Gasteiger partial charge in [0.05, 0.1) is 30.2 Å². The van der Waals surface area contributed by atoms with Gasteiger partial charge >= 0.3 is 0 Å². The average molecular weight is 414 g/mol. The van der Waals surface area contributed by atoms with Gasteiger partial charge in [0, 0.05) is 37.6 Å². The minimum Gasteiger partial charge on any atom is -0.454 e. The van der Waals surface area contributed by atoms with Gasteiger partial charge in [0.15, 0.2) is 18.0 Å². The van der Waals surface area contributed by atoms with Gasteiger partial charge < -0.3 is 25.0 Å². The second-order valence-corrected chi connectivity index (χ2v) is 7.98. The van der Waals surface area contributed by atoms with E-state index in [1.165, 1.54) is 4.90 Å². The van der Waals surface area contributed by atoms with E-state index in [4.69, 9.17) is 9.47 Å². The van der Waals surface area contributed by atoms with Crippen LogP contribution in [0.3, 0.4) is 0 Å². The van der Waals surface area contributed by atoms with Crippen molar-refractivity contribution in [2.24, 2.45) is 13.0 Å². The lowest BCUT2D eigenvalue weighted by atomic mass is 9.95. The molecule has 0 atom stereocenters. The predicted octanol–water partition coefficient (Wildman–Crippen LogP) is 0.638. The number of hydrogen-bond donors (Lipinski definition) is 3. The normalized spacial score (nSPS) is 20.1. The van der Waals surface area contributed by atoms with Crippen LogP contribution in [0.5, 0.6) is 11.5 Å². The van der Waals surface area contributed by atoms with Gasteiger partial charge in [-0.25, -0.2) is 0 Å².